The molecule has 0 saturated carbocycles. The van der Waals surface area contributed by atoms with E-state index in [9.17, 15) is 4.79 Å². The topological polar surface area (TPSA) is 66.0 Å². The molecule has 3 aromatic carbocycles. The highest BCUT2D eigenvalue weighted by molar-refractivity contribution is 6.24. The molecule has 0 aromatic heterocycles. The van der Waals surface area contributed by atoms with Crippen LogP contribution in [-0.4, -0.2) is 39.6 Å². The van der Waals surface area contributed by atoms with Gasteiger partial charge in [-0.1, -0.05) is 54.6 Å². The molecule has 35 heavy (non-hydrogen) atoms. The van der Waals surface area contributed by atoms with Crippen molar-refractivity contribution < 1.29 is 23.7 Å². The number of hydrogen-bond acceptors (Lipinski definition) is 5. The van der Waals surface area contributed by atoms with Crippen molar-refractivity contribution in [3.8, 4) is 17.2 Å². The number of amides is 1. The SMILES string of the molecule is COc1ccccc1/C=C(/C(=O)NCC1(c2ccc3c(c2)OCO3)CCOCC1)c1ccccc1. The average molecular weight is 472 g/mol. The number of ether oxygens (including phenoxy) is 4. The molecule has 6 heteroatoms. The Morgan fingerprint density at radius 3 is 2.51 bits per heavy atom. The van der Waals surface area contributed by atoms with Crippen LogP contribution in [0.5, 0.6) is 17.2 Å². The molecule has 1 amide bonds. The Hall–Kier alpha value is -3.77. The molecule has 3 aromatic rings. The third-order valence-electron chi connectivity index (χ3n) is 6.79. The second-order valence-corrected chi connectivity index (χ2v) is 8.81. The number of para-hydroxylation sites is 1. The minimum absolute atomic E-state index is 0.131. The van der Waals surface area contributed by atoms with Gasteiger partial charge in [-0.15, -0.1) is 0 Å². The summed E-state index contributed by atoms with van der Waals surface area (Å²) in [5.74, 6) is 2.09. The third kappa shape index (κ3) is 4.88. The van der Waals surface area contributed by atoms with Gasteiger partial charge in [0, 0.05) is 36.3 Å². The first kappa shape index (κ1) is 23.0. The van der Waals surface area contributed by atoms with Gasteiger partial charge in [-0.2, -0.15) is 0 Å². The van der Waals surface area contributed by atoms with Crippen molar-refractivity contribution in [2.75, 3.05) is 33.7 Å². The first-order chi connectivity index (χ1) is 17.2. The molecule has 0 spiro atoms. The maximum atomic E-state index is 13.7. The molecule has 1 fully saturated rings. The van der Waals surface area contributed by atoms with Crippen LogP contribution in [0.25, 0.3) is 11.6 Å². The van der Waals surface area contributed by atoms with Gasteiger partial charge in [0.05, 0.1) is 7.11 Å². The number of rotatable bonds is 7. The fourth-order valence-electron chi connectivity index (χ4n) is 4.74. The van der Waals surface area contributed by atoms with E-state index in [1.807, 2.05) is 72.8 Å². The molecule has 0 aliphatic carbocycles. The molecule has 6 nitrogen and oxygen atoms in total. The monoisotopic (exact) mass is 471 g/mol. The van der Waals surface area contributed by atoms with Crippen LogP contribution >= 0.6 is 0 Å². The van der Waals surface area contributed by atoms with Crippen LogP contribution in [0, 0.1) is 0 Å². The van der Waals surface area contributed by atoms with Gasteiger partial charge in [0.2, 0.25) is 6.79 Å². The molecule has 1 saturated heterocycles. The molecule has 2 heterocycles. The molecular formula is C29H29NO5. The second-order valence-electron chi connectivity index (χ2n) is 8.81. The molecule has 0 bridgehead atoms. The number of benzene rings is 3. The van der Waals surface area contributed by atoms with Crippen molar-refractivity contribution >= 4 is 17.6 Å². The number of nitrogens with one attached hydrogen (secondary N) is 1. The predicted octanol–water partition coefficient (Wildman–Crippen LogP) is 4.83. The van der Waals surface area contributed by atoms with E-state index in [4.69, 9.17) is 18.9 Å². The van der Waals surface area contributed by atoms with Gasteiger partial charge in [-0.3, -0.25) is 4.79 Å². The summed E-state index contributed by atoms with van der Waals surface area (Å²) in [4.78, 5) is 13.7. The Morgan fingerprint density at radius 2 is 1.71 bits per heavy atom. The Morgan fingerprint density at radius 1 is 0.971 bits per heavy atom. The Bertz CT molecular complexity index is 1210. The predicted molar refractivity (Wildman–Crippen MR) is 135 cm³/mol. The lowest BCUT2D eigenvalue weighted by Crippen LogP contribution is -2.44. The minimum Gasteiger partial charge on any atom is -0.496 e. The summed E-state index contributed by atoms with van der Waals surface area (Å²) < 4.78 is 22.3. The van der Waals surface area contributed by atoms with Crippen LogP contribution in [0.2, 0.25) is 0 Å². The molecule has 1 N–H and O–H groups in total. The average Bonchev–Trinajstić information content (AvgIpc) is 3.40. The zero-order chi connectivity index (χ0) is 24.1. The van der Waals surface area contributed by atoms with Gasteiger partial charge >= 0.3 is 0 Å². The van der Waals surface area contributed by atoms with Crippen LogP contribution in [0.15, 0.2) is 72.8 Å². The molecule has 2 aliphatic heterocycles. The Labute approximate surface area is 205 Å². The molecule has 180 valence electrons. The van der Waals surface area contributed by atoms with Crippen molar-refractivity contribution in [3.63, 3.8) is 0 Å². The van der Waals surface area contributed by atoms with Crippen molar-refractivity contribution in [2.24, 2.45) is 0 Å². The van der Waals surface area contributed by atoms with Crippen LogP contribution in [0.1, 0.15) is 29.5 Å². The fourth-order valence-corrected chi connectivity index (χ4v) is 4.74. The number of carbonyl (C=O) groups is 1. The van der Waals surface area contributed by atoms with Gasteiger partial charge in [-0.05, 0) is 48.2 Å². The maximum Gasteiger partial charge on any atom is 0.251 e. The minimum atomic E-state index is -0.249. The van der Waals surface area contributed by atoms with E-state index in [0.29, 0.717) is 25.3 Å². The Balaban J connectivity index is 1.44. The van der Waals surface area contributed by atoms with Crippen LogP contribution < -0.4 is 19.5 Å². The third-order valence-corrected chi connectivity index (χ3v) is 6.79. The first-order valence-electron chi connectivity index (χ1n) is 11.8. The van der Waals surface area contributed by atoms with E-state index in [1.54, 1.807) is 7.11 Å². The van der Waals surface area contributed by atoms with Gasteiger partial charge < -0.3 is 24.3 Å². The van der Waals surface area contributed by atoms with Gasteiger partial charge in [0.25, 0.3) is 5.91 Å². The van der Waals surface area contributed by atoms with Crippen molar-refractivity contribution in [3.05, 3.63) is 89.5 Å². The largest absolute Gasteiger partial charge is 0.496 e. The molecule has 0 radical (unpaired) electrons. The van der Waals surface area contributed by atoms with E-state index in [1.165, 1.54) is 0 Å². The maximum absolute atomic E-state index is 13.7. The van der Waals surface area contributed by atoms with Crippen LogP contribution in [0.4, 0.5) is 0 Å². The molecule has 2 aliphatic rings. The summed E-state index contributed by atoms with van der Waals surface area (Å²) in [6.45, 7) is 2.02. The zero-order valence-corrected chi connectivity index (χ0v) is 19.8. The number of fused-ring (bicyclic) bond motifs is 1. The van der Waals surface area contributed by atoms with E-state index in [2.05, 4.69) is 11.4 Å². The zero-order valence-electron chi connectivity index (χ0n) is 19.8. The molecule has 5 rings (SSSR count). The lowest BCUT2D eigenvalue weighted by atomic mass is 9.74. The van der Waals surface area contributed by atoms with Gasteiger partial charge in [-0.25, -0.2) is 0 Å². The van der Waals surface area contributed by atoms with Gasteiger partial charge in [0.15, 0.2) is 11.5 Å². The highest BCUT2D eigenvalue weighted by Gasteiger charge is 2.36. The van der Waals surface area contributed by atoms with Crippen LogP contribution in [0.3, 0.4) is 0 Å². The standard InChI is InChI=1S/C29H29NO5/c1-32-25-10-6-5-9-22(25)17-24(21-7-3-2-4-8-21)28(31)30-19-29(13-15-33-16-14-29)23-11-12-26-27(18-23)35-20-34-26/h2-12,17-18H,13-16,19-20H2,1H3,(H,30,31)/b24-17+. The quantitative estimate of drug-likeness (QED) is 0.395. The summed E-state index contributed by atoms with van der Waals surface area (Å²) in [7, 11) is 1.63. The van der Waals surface area contributed by atoms with Gasteiger partial charge in [0.1, 0.15) is 5.75 Å². The fraction of sp³-hybridized carbons (Fsp3) is 0.276. The summed E-state index contributed by atoms with van der Waals surface area (Å²) in [5.41, 5.74) is 3.16. The summed E-state index contributed by atoms with van der Waals surface area (Å²) >= 11 is 0. The van der Waals surface area contributed by atoms with Crippen molar-refractivity contribution in [1.82, 2.24) is 5.32 Å². The second kappa shape index (κ2) is 10.2. The highest BCUT2D eigenvalue weighted by Crippen LogP contribution is 2.40. The summed E-state index contributed by atoms with van der Waals surface area (Å²) in [5, 5.41) is 3.24. The normalized spacial score (nSPS) is 16.5. The van der Waals surface area contributed by atoms with Crippen molar-refractivity contribution in [1.29, 1.82) is 0 Å². The number of methoxy groups -OCH3 is 1. The van der Waals surface area contributed by atoms with E-state index < -0.39 is 0 Å². The smallest absolute Gasteiger partial charge is 0.251 e. The Kier molecular flexibility index (Phi) is 6.73. The number of carbonyl (C=O) groups excluding carboxylic acids is 1. The molecular weight excluding hydrogens is 442 g/mol. The lowest BCUT2D eigenvalue weighted by Gasteiger charge is -2.38. The molecule has 0 atom stereocenters. The lowest BCUT2D eigenvalue weighted by molar-refractivity contribution is -0.116. The first-order valence-corrected chi connectivity index (χ1v) is 11.8. The van der Waals surface area contributed by atoms with Crippen molar-refractivity contribution in [2.45, 2.75) is 18.3 Å². The molecule has 0 unspecified atom stereocenters. The highest BCUT2D eigenvalue weighted by atomic mass is 16.7. The number of hydrogen-bond donors (Lipinski definition) is 1. The van der Waals surface area contributed by atoms with Crippen LogP contribution in [-0.2, 0) is 14.9 Å². The summed E-state index contributed by atoms with van der Waals surface area (Å²) in [6.07, 6.45) is 3.51. The van der Waals surface area contributed by atoms with E-state index in [0.717, 1.165) is 46.8 Å². The van der Waals surface area contributed by atoms with E-state index in [-0.39, 0.29) is 18.1 Å². The summed E-state index contributed by atoms with van der Waals surface area (Å²) in [6, 6.07) is 23.5. The van der Waals surface area contributed by atoms with E-state index >= 15 is 0 Å².